The van der Waals surface area contributed by atoms with Gasteiger partial charge in [0.05, 0.1) is 39.5 Å². The van der Waals surface area contributed by atoms with Gasteiger partial charge in [0, 0.05) is 11.8 Å². The highest BCUT2D eigenvalue weighted by Crippen LogP contribution is 2.33. The molecule has 0 saturated carbocycles. The van der Waals surface area contributed by atoms with E-state index in [9.17, 15) is 22.8 Å². The smallest absolute Gasteiger partial charge is 0.416 e. The van der Waals surface area contributed by atoms with Gasteiger partial charge in [0.1, 0.15) is 5.75 Å². The van der Waals surface area contributed by atoms with Crippen LogP contribution in [0.25, 0.3) is 17.1 Å². The molecule has 0 unspecified atom stereocenters. The predicted molar refractivity (Wildman–Crippen MR) is 126 cm³/mol. The minimum atomic E-state index is -4.55. The number of nitrogens with one attached hydrogen (secondary N) is 2. The van der Waals surface area contributed by atoms with E-state index in [1.807, 2.05) is 0 Å². The molecule has 35 heavy (non-hydrogen) atoms. The van der Waals surface area contributed by atoms with Crippen molar-refractivity contribution in [1.29, 1.82) is 0 Å². The Balaban J connectivity index is 1.65. The van der Waals surface area contributed by atoms with Crippen LogP contribution in [0.4, 0.5) is 18.9 Å². The number of H-pyrrole nitrogens is 1. The molecule has 180 valence electrons. The molecule has 3 aromatic carbocycles. The van der Waals surface area contributed by atoms with Crippen molar-refractivity contribution >= 4 is 34.8 Å². The molecule has 12 heteroatoms. The molecule has 0 aliphatic heterocycles. The first-order valence-electron chi connectivity index (χ1n) is 9.89. The van der Waals surface area contributed by atoms with E-state index in [1.165, 1.54) is 37.4 Å². The van der Waals surface area contributed by atoms with Gasteiger partial charge in [0.2, 0.25) is 0 Å². The summed E-state index contributed by atoms with van der Waals surface area (Å²) in [4.78, 5) is 27.9. The number of hydrogen-bond acceptors (Lipinski definition) is 4. The Bertz CT molecular complexity index is 1460. The Morgan fingerprint density at radius 3 is 2.40 bits per heavy atom. The SMILES string of the molecule is COc1cc(-n2nc(-c3c(Cl)cccc3Cl)[nH]c2=O)ccc1C(=O)Nc1cccc(C(F)(F)F)c1. The molecule has 1 aromatic heterocycles. The molecule has 7 nitrogen and oxygen atoms in total. The van der Waals surface area contributed by atoms with Crippen molar-refractivity contribution in [3.8, 4) is 22.8 Å². The monoisotopic (exact) mass is 522 g/mol. The van der Waals surface area contributed by atoms with E-state index in [0.717, 1.165) is 16.8 Å². The summed E-state index contributed by atoms with van der Waals surface area (Å²) in [7, 11) is 1.31. The van der Waals surface area contributed by atoms with Crippen molar-refractivity contribution in [3.05, 3.63) is 92.3 Å². The number of rotatable bonds is 5. The van der Waals surface area contributed by atoms with Crippen LogP contribution in [0.5, 0.6) is 5.75 Å². The molecule has 4 rings (SSSR count). The van der Waals surface area contributed by atoms with E-state index >= 15 is 0 Å². The third-order valence-electron chi connectivity index (χ3n) is 4.94. The number of halogens is 5. The van der Waals surface area contributed by atoms with E-state index in [-0.39, 0.29) is 38.6 Å². The highest BCUT2D eigenvalue weighted by Gasteiger charge is 2.30. The number of aromatic nitrogens is 3. The Kier molecular flexibility index (Phi) is 6.60. The number of carbonyl (C=O) groups is 1. The molecule has 0 saturated heterocycles. The molecule has 0 aliphatic carbocycles. The fraction of sp³-hybridized carbons (Fsp3) is 0.0870. The number of anilines is 1. The topological polar surface area (TPSA) is 89.0 Å². The summed E-state index contributed by atoms with van der Waals surface area (Å²) in [5, 5.41) is 7.23. The molecule has 0 atom stereocenters. The lowest BCUT2D eigenvalue weighted by molar-refractivity contribution is -0.137. The molecule has 1 heterocycles. The minimum Gasteiger partial charge on any atom is -0.496 e. The summed E-state index contributed by atoms with van der Waals surface area (Å²) in [6, 6.07) is 13.3. The first kappa shape index (κ1) is 24.4. The molecule has 2 N–H and O–H groups in total. The van der Waals surface area contributed by atoms with Crippen LogP contribution in [0, 0.1) is 0 Å². The number of alkyl halides is 3. The third kappa shape index (κ3) is 5.03. The van der Waals surface area contributed by atoms with Gasteiger partial charge in [-0.3, -0.25) is 9.78 Å². The Labute approximate surface area is 206 Å². The van der Waals surface area contributed by atoms with Gasteiger partial charge in [-0.2, -0.15) is 17.9 Å². The van der Waals surface area contributed by atoms with Crippen LogP contribution in [-0.4, -0.2) is 27.8 Å². The zero-order valence-electron chi connectivity index (χ0n) is 17.8. The maximum atomic E-state index is 13.0. The lowest BCUT2D eigenvalue weighted by Gasteiger charge is -2.12. The number of ether oxygens (including phenoxy) is 1. The fourth-order valence-electron chi connectivity index (χ4n) is 3.31. The molecule has 0 spiro atoms. The van der Waals surface area contributed by atoms with Crippen LogP contribution in [0.15, 0.2) is 65.5 Å². The summed E-state index contributed by atoms with van der Waals surface area (Å²) in [5.41, 5.74) is -0.902. The number of methoxy groups -OCH3 is 1. The predicted octanol–water partition coefficient (Wildman–Crippen LogP) is 5.81. The van der Waals surface area contributed by atoms with Gasteiger partial charge >= 0.3 is 11.9 Å². The normalized spacial score (nSPS) is 11.4. The summed E-state index contributed by atoms with van der Waals surface area (Å²) >= 11 is 12.4. The van der Waals surface area contributed by atoms with E-state index in [0.29, 0.717) is 5.56 Å². The van der Waals surface area contributed by atoms with Gasteiger partial charge in [0.15, 0.2) is 5.82 Å². The lowest BCUT2D eigenvalue weighted by atomic mass is 10.1. The molecule has 0 fully saturated rings. The van der Waals surface area contributed by atoms with Crippen molar-refractivity contribution in [2.24, 2.45) is 0 Å². The van der Waals surface area contributed by atoms with Gasteiger partial charge in [-0.25, -0.2) is 4.79 Å². The maximum absolute atomic E-state index is 13.0. The van der Waals surface area contributed by atoms with Crippen LogP contribution in [-0.2, 0) is 6.18 Å². The quantitative estimate of drug-likeness (QED) is 0.346. The average molecular weight is 523 g/mol. The maximum Gasteiger partial charge on any atom is 0.416 e. The number of nitrogens with zero attached hydrogens (tertiary/aromatic N) is 2. The van der Waals surface area contributed by atoms with Crippen LogP contribution < -0.4 is 15.7 Å². The minimum absolute atomic E-state index is 0.0339. The Hall–Kier alpha value is -3.76. The first-order valence-corrected chi connectivity index (χ1v) is 10.6. The molecule has 4 aromatic rings. The van der Waals surface area contributed by atoms with E-state index in [2.05, 4.69) is 15.4 Å². The van der Waals surface area contributed by atoms with Gasteiger partial charge in [-0.15, -0.1) is 5.10 Å². The summed E-state index contributed by atoms with van der Waals surface area (Å²) in [6.07, 6.45) is -4.55. The lowest BCUT2D eigenvalue weighted by Crippen LogP contribution is -2.17. The summed E-state index contributed by atoms with van der Waals surface area (Å²) in [5.74, 6) is -0.499. The van der Waals surface area contributed by atoms with Crippen molar-refractivity contribution in [2.45, 2.75) is 6.18 Å². The van der Waals surface area contributed by atoms with E-state index in [4.69, 9.17) is 27.9 Å². The summed E-state index contributed by atoms with van der Waals surface area (Å²) in [6.45, 7) is 0. The Morgan fingerprint density at radius 2 is 1.74 bits per heavy atom. The zero-order chi connectivity index (χ0) is 25.3. The molecular formula is C23H15Cl2F3N4O3. The second kappa shape index (κ2) is 9.47. The number of amides is 1. The highest BCUT2D eigenvalue weighted by atomic mass is 35.5. The van der Waals surface area contributed by atoms with Crippen molar-refractivity contribution in [1.82, 2.24) is 14.8 Å². The number of aromatic amines is 1. The second-order valence-electron chi connectivity index (χ2n) is 7.20. The van der Waals surface area contributed by atoms with Gasteiger partial charge in [0.25, 0.3) is 5.91 Å². The second-order valence-corrected chi connectivity index (χ2v) is 8.02. The Morgan fingerprint density at radius 1 is 1.06 bits per heavy atom. The summed E-state index contributed by atoms with van der Waals surface area (Å²) < 4.78 is 45.2. The zero-order valence-corrected chi connectivity index (χ0v) is 19.3. The largest absolute Gasteiger partial charge is 0.496 e. The molecular weight excluding hydrogens is 508 g/mol. The van der Waals surface area contributed by atoms with Crippen LogP contribution >= 0.6 is 23.2 Å². The highest BCUT2D eigenvalue weighted by molar-refractivity contribution is 6.38. The van der Waals surface area contributed by atoms with Crippen LogP contribution in [0.3, 0.4) is 0 Å². The van der Waals surface area contributed by atoms with Crippen LogP contribution in [0.1, 0.15) is 15.9 Å². The average Bonchev–Trinajstić information content (AvgIpc) is 3.19. The molecule has 0 radical (unpaired) electrons. The first-order chi connectivity index (χ1) is 16.6. The standard InChI is InChI=1S/C23H15Cl2F3N4O3/c1-35-18-11-14(32-22(34)30-20(31-32)19-16(24)6-3-7-17(19)25)8-9-15(18)21(33)29-13-5-2-4-12(10-13)23(26,27)28/h2-11H,1H3,(H,29,33)(H,30,31,34). The fourth-order valence-corrected chi connectivity index (χ4v) is 3.88. The molecule has 0 bridgehead atoms. The molecule has 1 amide bonds. The van der Waals surface area contributed by atoms with Gasteiger partial charge in [-0.1, -0.05) is 35.3 Å². The van der Waals surface area contributed by atoms with Crippen molar-refractivity contribution in [2.75, 3.05) is 12.4 Å². The van der Waals surface area contributed by atoms with Gasteiger partial charge < -0.3 is 10.1 Å². The van der Waals surface area contributed by atoms with E-state index < -0.39 is 23.3 Å². The third-order valence-corrected chi connectivity index (χ3v) is 5.57. The number of benzene rings is 3. The van der Waals surface area contributed by atoms with Gasteiger partial charge in [-0.05, 0) is 42.5 Å². The van der Waals surface area contributed by atoms with E-state index in [1.54, 1.807) is 18.2 Å². The number of hydrogen-bond donors (Lipinski definition) is 2. The van der Waals surface area contributed by atoms with Crippen LogP contribution in [0.2, 0.25) is 10.0 Å². The van der Waals surface area contributed by atoms with Crippen molar-refractivity contribution < 1.29 is 22.7 Å². The number of carbonyl (C=O) groups excluding carboxylic acids is 1. The van der Waals surface area contributed by atoms with Crippen molar-refractivity contribution in [3.63, 3.8) is 0 Å². The molecule has 0 aliphatic rings.